The van der Waals surface area contributed by atoms with E-state index in [4.69, 9.17) is 4.74 Å². The number of aryl methyl sites for hydroxylation is 1. The highest BCUT2D eigenvalue weighted by Gasteiger charge is 2.29. The maximum absolute atomic E-state index is 12.9. The number of amides is 2. The van der Waals surface area contributed by atoms with Crippen LogP contribution in [0.25, 0.3) is 10.6 Å². The molecule has 0 bridgehead atoms. The Bertz CT molecular complexity index is 1110. The Balaban J connectivity index is 1.34. The number of likely N-dealkylation sites (tertiary alicyclic amines) is 1. The lowest BCUT2D eigenvalue weighted by molar-refractivity contribution is -0.134. The summed E-state index contributed by atoms with van der Waals surface area (Å²) >= 11 is 1.52. The van der Waals surface area contributed by atoms with E-state index >= 15 is 0 Å². The maximum Gasteiger partial charge on any atom is 0.230 e. The van der Waals surface area contributed by atoms with Crippen molar-refractivity contribution in [2.45, 2.75) is 33.1 Å². The Morgan fingerprint density at radius 1 is 1.24 bits per heavy atom. The predicted molar refractivity (Wildman–Crippen MR) is 129 cm³/mol. The molecule has 1 fully saturated rings. The Labute approximate surface area is 197 Å². The van der Waals surface area contributed by atoms with Gasteiger partial charge in [-0.25, -0.2) is 9.97 Å². The van der Waals surface area contributed by atoms with Crippen molar-refractivity contribution in [1.29, 1.82) is 0 Å². The molecule has 1 aromatic carbocycles. The Morgan fingerprint density at radius 3 is 2.82 bits per heavy atom. The third-order valence-electron chi connectivity index (χ3n) is 5.69. The number of pyridine rings is 1. The van der Waals surface area contributed by atoms with Gasteiger partial charge in [-0.15, -0.1) is 11.3 Å². The van der Waals surface area contributed by atoms with Crippen LogP contribution in [0, 0.1) is 12.8 Å². The van der Waals surface area contributed by atoms with Gasteiger partial charge >= 0.3 is 0 Å². The largest absolute Gasteiger partial charge is 0.494 e. The standard InChI is InChI=1S/C25H28N4O3S/c1-3-32-21-10-8-18(9-11-21)25-27-20(16-33-25)14-22(30)29-13-5-7-19(15-29)24(31)28-23-17(2)6-4-12-26-23/h4,6,8-12,16,19H,3,5,7,13-15H2,1-2H3,(H,26,28,31). The molecule has 2 amide bonds. The van der Waals surface area contributed by atoms with E-state index in [2.05, 4.69) is 15.3 Å². The molecule has 3 heterocycles. The van der Waals surface area contributed by atoms with Crippen molar-refractivity contribution < 1.29 is 14.3 Å². The van der Waals surface area contributed by atoms with Crippen molar-refractivity contribution in [3.63, 3.8) is 0 Å². The maximum atomic E-state index is 12.9. The molecule has 7 nitrogen and oxygen atoms in total. The molecule has 3 aromatic rings. The summed E-state index contributed by atoms with van der Waals surface area (Å²) in [6.07, 6.45) is 3.47. The summed E-state index contributed by atoms with van der Waals surface area (Å²) in [7, 11) is 0. The summed E-state index contributed by atoms with van der Waals surface area (Å²) in [6.45, 7) is 5.59. The number of hydrogen-bond acceptors (Lipinski definition) is 6. The lowest BCUT2D eigenvalue weighted by Gasteiger charge is -2.32. The zero-order valence-electron chi connectivity index (χ0n) is 18.9. The number of hydrogen-bond donors (Lipinski definition) is 1. The molecule has 33 heavy (non-hydrogen) atoms. The highest BCUT2D eigenvalue weighted by Crippen LogP contribution is 2.27. The van der Waals surface area contributed by atoms with E-state index < -0.39 is 0 Å². The number of carbonyl (C=O) groups is 2. The van der Waals surface area contributed by atoms with Crippen LogP contribution < -0.4 is 10.1 Å². The van der Waals surface area contributed by atoms with Crippen molar-refractivity contribution in [2.24, 2.45) is 5.92 Å². The van der Waals surface area contributed by atoms with Crippen molar-refractivity contribution in [1.82, 2.24) is 14.9 Å². The molecular formula is C25H28N4O3S. The van der Waals surface area contributed by atoms with E-state index in [1.165, 1.54) is 11.3 Å². The van der Waals surface area contributed by atoms with Gasteiger partial charge in [-0.1, -0.05) is 6.07 Å². The van der Waals surface area contributed by atoms with Gasteiger partial charge in [0.15, 0.2) is 0 Å². The van der Waals surface area contributed by atoms with Crippen LogP contribution in [0.15, 0.2) is 48.0 Å². The van der Waals surface area contributed by atoms with E-state index in [9.17, 15) is 9.59 Å². The molecule has 1 aliphatic rings. The molecule has 0 saturated carbocycles. The second-order valence-corrected chi connectivity index (χ2v) is 8.97. The lowest BCUT2D eigenvalue weighted by Crippen LogP contribution is -2.44. The van der Waals surface area contributed by atoms with Gasteiger partial charge in [0, 0.05) is 30.2 Å². The van der Waals surface area contributed by atoms with E-state index in [0.717, 1.165) is 40.4 Å². The van der Waals surface area contributed by atoms with Crippen LogP contribution in [-0.4, -0.2) is 46.4 Å². The number of nitrogens with zero attached hydrogens (tertiary/aromatic N) is 3. The Hall–Kier alpha value is -3.26. The first-order valence-electron chi connectivity index (χ1n) is 11.2. The Morgan fingerprint density at radius 2 is 2.06 bits per heavy atom. The molecule has 1 atom stereocenters. The number of benzene rings is 1. The summed E-state index contributed by atoms with van der Waals surface area (Å²) in [5.41, 5.74) is 2.67. The van der Waals surface area contributed by atoms with Crippen LogP contribution in [-0.2, 0) is 16.0 Å². The second kappa shape index (κ2) is 10.6. The monoisotopic (exact) mass is 464 g/mol. The van der Waals surface area contributed by atoms with Crippen molar-refractivity contribution in [2.75, 3.05) is 25.0 Å². The van der Waals surface area contributed by atoms with Crippen molar-refractivity contribution >= 4 is 29.0 Å². The van der Waals surface area contributed by atoms with Gasteiger partial charge in [-0.2, -0.15) is 0 Å². The third-order valence-corrected chi connectivity index (χ3v) is 6.63. The minimum atomic E-state index is -0.237. The zero-order chi connectivity index (χ0) is 23.2. The molecular weight excluding hydrogens is 436 g/mol. The zero-order valence-corrected chi connectivity index (χ0v) is 19.7. The van der Waals surface area contributed by atoms with Crippen LogP contribution >= 0.6 is 11.3 Å². The Kier molecular flexibility index (Phi) is 7.34. The summed E-state index contributed by atoms with van der Waals surface area (Å²) in [6, 6.07) is 11.6. The highest BCUT2D eigenvalue weighted by molar-refractivity contribution is 7.13. The molecule has 1 saturated heterocycles. The number of piperidine rings is 1. The van der Waals surface area contributed by atoms with E-state index in [1.54, 1.807) is 11.1 Å². The van der Waals surface area contributed by atoms with Gasteiger partial charge in [0.25, 0.3) is 0 Å². The number of thiazole rings is 1. The van der Waals surface area contributed by atoms with Crippen LogP contribution in [0.2, 0.25) is 0 Å². The normalized spacial score (nSPS) is 15.8. The number of ether oxygens (including phenoxy) is 1. The molecule has 2 aromatic heterocycles. The average molecular weight is 465 g/mol. The minimum Gasteiger partial charge on any atom is -0.494 e. The number of carbonyl (C=O) groups excluding carboxylic acids is 2. The van der Waals surface area contributed by atoms with Gasteiger partial charge in [-0.3, -0.25) is 9.59 Å². The highest BCUT2D eigenvalue weighted by atomic mass is 32.1. The lowest BCUT2D eigenvalue weighted by atomic mass is 9.96. The molecule has 4 rings (SSSR count). The van der Waals surface area contributed by atoms with Gasteiger partial charge in [-0.05, 0) is 62.6 Å². The van der Waals surface area contributed by atoms with Crippen LogP contribution in [0.3, 0.4) is 0 Å². The van der Waals surface area contributed by atoms with Gasteiger partial charge in [0.05, 0.1) is 24.6 Å². The van der Waals surface area contributed by atoms with Gasteiger partial charge < -0.3 is 15.0 Å². The molecule has 1 unspecified atom stereocenters. The number of nitrogens with one attached hydrogen (secondary N) is 1. The van der Waals surface area contributed by atoms with Crippen LogP contribution in [0.1, 0.15) is 31.0 Å². The summed E-state index contributed by atoms with van der Waals surface area (Å²) in [4.78, 5) is 36.4. The minimum absolute atomic E-state index is 0.00469. The first kappa shape index (κ1) is 22.9. The smallest absolute Gasteiger partial charge is 0.230 e. The fraction of sp³-hybridized carbons (Fsp3) is 0.360. The first-order chi connectivity index (χ1) is 16.0. The average Bonchev–Trinajstić information content (AvgIpc) is 3.30. The van der Waals surface area contributed by atoms with Crippen LogP contribution in [0.5, 0.6) is 5.75 Å². The van der Waals surface area contributed by atoms with E-state index in [-0.39, 0.29) is 24.2 Å². The molecule has 8 heteroatoms. The van der Waals surface area contributed by atoms with E-state index in [0.29, 0.717) is 25.5 Å². The number of anilines is 1. The summed E-state index contributed by atoms with van der Waals surface area (Å²) in [5, 5.41) is 5.72. The quantitative estimate of drug-likeness (QED) is 0.563. The second-order valence-electron chi connectivity index (χ2n) is 8.12. The number of rotatable bonds is 7. The molecule has 1 N–H and O–H groups in total. The topological polar surface area (TPSA) is 84.4 Å². The van der Waals surface area contributed by atoms with Crippen molar-refractivity contribution in [3.8, 4) is 16.3 Å². The summed E-state index contributed by atoms with van der Waals surface area (Å²) in [5.74, 6) is 1.09. The molecule has 0 spiro atoms. The first-order valence-corrected chi connectivity index (χ1v) is 12.1. The summed E-state index contributed by atoms with van der Waals surface area (Å²) < 4.78 is 5.49. The number of aromatic nitrogens is 2. The molecule has 0 aliphatic carbocycles. The van der Waals surface area contributed by atoms with Gasteiger partial charge in [0.1, 0.15) is 16.6 Å². The molecule has 172 valence electrons. The van der Waals surface area contributed by atoms with Gasteiger partial charge in [0.2, 0.25) is 11.8 Å². The van der Waals surface area contributed by atoms with Crippen molar-refractivity contribution in [3.05, 3.63) is 59.2 Å². The fourth-order valence-corrected chi connectivity index (χ4v) is 4.73. The molecule has 1 aliphatic heterocycles. The molecule has 0 radical (unpaired) electrons. The fourth-order valence-electron chi connectivity index (χ4n) is 3.90. The SMILES string of the molecule is CCOc1ccc(-c2nc(CC(=O)N3CCCC(C(=O)Nc4ncccc4C)C3)cs2)cc1. The predicted octanol–water partition coefficient (Wildman–Crippen LogP) is 4.33. The van der Waals surface area contributed by atoms with Crippen LogP contribution in [0.4, 0.5) is 5.82 Å². The third kappa shape index (κ3) is 5.76. The van der Waals surface area contributed by atoms with E-state index in [1.807, 2.05) is 55.6 Å².